The maximum Gasteiger partial charge on any atom is 0.409 e. The Balaban J connectivity index is 1.65. The second-order valence-electron chi connectivity index (χ2n) is 7.88. The molecule has 3 amide bonds. The third kappa shape index (κ3) is 5.27. The molecule has 2 heterocycles. The molecular weight excluding hydrogens is 426 g/mol. The first kappa shape index (κ1) is 24.1. The average Bonchev–Trinajstić information content (AvgIpc) is 3.18. The number of hydrogen-bond donors (Lipinski definition) is 1. The molecular formula is C23H31N5O5. The number of amides is 3. The van der Waals surface area contributed by atoms with Crippen LogP contribution in [0.5, 0.6) is 5.75 Å². The van der Waals surface area contributed by atoms with Crippen LogP contribution in [-0.4, -0.2) is 77.4 Å². The minimum absolute atomic E-state index is 0.0949. The van der Waals surface area contributed by atoms with E-state index in [0.717, 1.165) is 5.56 Å². The SMILES string of the molecule is CCOC(=O)N1CCN(C(=O)C(C)n2cc(NC(=O)c3cccc(OC)c3C)c(C)n2)CC1. The summed E-state index contributed by atoms with van der Waals surface area (Å²) in [5.41, 5.74) is 2.39. The molecule has 1 saturated heterocycles. The summed E-state index contributed by atoms with van der Waals surface area (Å²) in [6, 6.07) is 4.74. The maximum atomic E-state index is 13.0. The van der Waals surface area contributed by atoms with Crippen LogP contribution < -0.4 is 10.1 Å². The number of nitrogens with one attached hydrogen (secondary N) is 1. The molecule has 1 aromatic heterocycles. The Bertz CT molecular complexity index is 1030. The van der Waals surface area contributed by atoms with Crippen molar-refractivity contribution >= 4 is 23.6 Å². The first-order valence-corrected chi connectivity index (χ1v) is 11.0. The van der Waals surface area contributed by atoms with Gasteiger partial charge in [-0.05, 0) is 39.8 Å². The zero-order valence-corrected chi connectivity index (χ0v) is 19.8. The monoisotopic (exact) mass is 457 g/mol. The number of aromatic nitrogens is 2. The minimum Gasteiger partial charge on any atom is -0.496 e. The second kappa shape index (κ2) is 10.4. The standard InChI is InChI=1S/C23H31N5O5/c1-6-33-23(31)27-12-10-26(11-13-27)22(30)17(4)28-14-19(16(3)25-28)24-21(29)18-8-7-9-20(32-5)15(18)2/h7-9,14,17H,6,10-13H2,1-5H3,(H,24,29). The van der Waals surface area contributed by atoms with E-state index in [9.17, 15) is 14.4 Å². The molecule has 1 N–H and O–H groups in total. The smallest absolute Gasteiger partial charge is 0.409 e. The largest absolute Gasteiger partial charge is 0.496 e. The molecule has 0 spiro atoms. The lowest BCUT2D eigenvalue weighted by Gasteiger charge is -2.35. The number of ether oxygens (including phenoxy) is 2. The molecule has 1 aliphatic rings. The van der Waals surface area contributed by atoms with Gasteiger partial charge in [0.1, 0.15) is 11.8 Å². The number of carbonyl (C=O) groups excluding carboxylic acids is 3. The van der Waals surface area contributed by atoms with Crippen LogP contribution in [-0.2, 0) is 9.53 Å². The molecule has 1 aromatic carbocycles. The van der Waals surface area contributed by atoms with E-state index in [4.69, 9.17) is 9.47 Å². The van der Waals surface area contributed by atoms with Crippen molar-refractivity contribution < 1.29 is 23.9 Å². The van der Waals surface area contributed by atoms with Gasteiger partial charge in [0.05, 0.1) is 25.1 Å². The van der Waals surface area contributed by atoms with E-state index in [1.807, 2.05) is 6.92 Å². The number of hydrogen-bond acceptors (Lipinski definition) is 6. The van der Waals surface area contributed by atoms with E-state index in [-0.39, 0.29) is 17.9 Å². The van der Waals surface area contributed by atoms with Crippen LogP contribution in [0.3, 0.4) is 0 Å². The van der Waals surface area contributed by atoms with Crippen LogP contribution in [0, 0.1) is 13.8 Å². The first-order valence-electron chi connectivity index (χ1n) is 11.0. The molecule has 0 aliphatic carbocycles. The van der Waals surface area contributed by atoms with Crippen molar-refractivity contribution in [3.05, 3.63) is 41.2 Å². The normalized spacial score (nSPS) is 14.6. The quantitative estimate of drug-likeness (QED) is 0.715. The Labute approximate surface area is 193 Å². The summed E-state index contributed by atoms with van der Waals surface area (Å²) < 4.78 is 11.9. The van der Waals surface area contributed by atoms with E-state index in [1.165, 1.54) is 0 Å². The lowest BCUT2D eigenvalue weighted by Crippen LogP contribution is -2.52. The van der Waals surface area contributed by atoms with Gasteiger partial charge >= 0.3 is 6.09 Å². The maximum absolute atomic E-state index is 13.0. The summed E-state index contributed by atoms with van der Waals surface area (Å²) in [6.07, 6.45) is 1.31. The van der Waals surface area contributed by atoms with Crippen molar-refractivity contribution in [2.24, 2.45) is 0 Å². The highest BCUT2D eigenvalue weighted by Crippen LogP contribution is 2.23. The van der Waals surface area contributed by atoms with Gasteiger partial charge in [-0.3, -0.25) is 14.3 Å². The molecule has 0 radical (unpaired) electrons. The topological polar surface area (TPSA) is 106 Å². The van der Waals surface area contributed by atoms with Crippen molar-refractivity contribution in [2.45, 2.75) is 33.7 Å². The van der Waals surface area contributed by atoms with Gasteiger partial charge in [-0.15, -0.1) is 0 Å². The summed E-state index contributed by atoms with van der Waals surface area (Å²) in [5, 5.41) is 7.32. The van der Waals surface area contributed by atoms with Crippen molar-refractivity contribution in [1.82, 2.24) is 19.6 Å². The number of anilines is 1. The Kier molecular flexibility index (Phi) is 7.57. The number of piperazine rings is 1. The molecule has 1 aliphatic heterocycles. The van der Waals surface area contributed by atoms with Gasteiger partial charge in [0.15, 0.2) is 0 Å². The predicted molar refractivity (Wildman–Crippen MR) is 123 cm³/mol. The van der Waals surface area contributed by atoms with Crippen molar-refractivity contribution in [2.75, 3.05) is 45.2 Å². The van der Waals surface area contributed by atoms with Crippen LogP contribution >= 0.6 is 0 Å². The van der Waals surface area contributed by atoms with E-state index in [0.29, 0.717) is 55.5 Å². The van der Waals surface area contributed by atoms with Gasteiger partial charge in [0, 0.05) is 43.5 Å². The predicted octanol–water partition coefficient (Wildman–Crippen LogP) is 2.62. The molecule has 1 atom stereocenters. The number of aryl methyl sites for hydroxylation is 1. The van der Waals surface area contributed by atoms with Gasteiger partial charge in [-0.2, -0.15) is 5.10 Å². The average molecular weight is 458 g/mol. The Morgan fingerprint density at radius 2 is 1.79 bits per heavy atom. The molecule has 33 heavy (non-hydrogen) atoms. The summed E-state index contributed by atoms with van der Waals surface area (Å²) >= 11 is 0. The highest BCUT2D eigenvalue weighted by molar-refractivity contribution is 6.05. The number of benzene rings is 1. The van der Waals surface area contributed by atoms with Crippen LogP contribution in [0.1, 0.15) is 41.5 Å². The van der Waals surface area contributed by atoms with E-state index >= 15 is 0 Å². The number of rotatable bonds is 6. The highest BCUT2D eigenvalue weighted by Gasteiger charge is 2.29. The lowest BCUT2D eigenvalue weighted by atomic mass is 10.1. The van der Waals surface area contributed by atoms with Crippen molar-refractivity contribution in [3.8, 4) is 5.75 Å². The van der Waals surface area contributed by atoms with Gasteiger partial charge in [-0.1, -0.05) is 6.07 Å². The molecule has 10 nitrogen and oxygen atoms in total. The van der Waals surface area contributed by atoms with Gasteiger partial charge in [0.25, 0.3) is 5.91 Å². The van der Waals surface area contributed by atoms with Crippen LogP contribution in [0.25, 0.3) is 0 Å². The van der Waals surface area contributed by atoms with E-state index in [1.54, 1.807) is 66.8 Å². The van der Waals surface area contributed by atoms with Crippen molar-refractivity contribution in [3.63, 3.8) is 0 Å². The molecule has 1 unspecified atom stereocenters. The van der Waals surface area contributed by atoms with Gasteiger partial charge in [-0.25, -0.2) is 4.79 Å². The van der Waals surface area contributed by atoms with Crippen molar-refractivity contribution in [1.29, 1.82) is 0 Å². The molecule has 1 fully saturated rings. The van der Waals surface area contributed by atoms with E-state index in [2.05, 4.69) is 10.4 Å². The second-order valence-corrected chi connectivity index (χ2v) is 7.88. The minimum atomic E-state index is -0.554. The van der Waals surface area contributed by atoms with E-state index < -0.39 is 6.04 Å². The summed E-state index contributed by atoms with van der Waals surface area (Å²) in [7, 11) is 1.56. The molecule has 2 aromatic rings. The summed E-state index contributed by atoms with van der Waals surface area (Å²) in [4.78, 5) is 41.0. The van der Waals surface area contributed by atoms with Crippen LogP contribution in [0.4, 0.5) is 10.5 Å². The van der Waals surface area contributed by atoms with Crippen LogP contribution in [0.15, 0.2) is 24.4 Å². The fourth-order valence-corrected chi connectivity index (χ4v) is 3.78. The fraction of sp³-hybridized carbons (Fsp3) is 0.478. The third-order valence-electron chi connectivity index (χ3n) is 5.79. The Morgan fingerprint density at radius 1 is 1.12 bits per heavy atom. The third-order valence-corrected chi connectivity index (χ3v) is 5.79. The zero-order valence-electron chi connectivity index (χ0n) is 19.8. The number of carbonyl (C=O) groups is 3. The molecule has 0 bridgehead atoms. The summed E-state index contributed by atoms with van der Waals surface area (Å²) in [6.45, 7) is 9.18. The van der Waals surface area contributed by atoms with Gasteiger partial charge < -0.3 is 24.6 Å². The lowest BCUT2D eigenvalue weighted by molar-refractivity contribution is -0.136. The first-order chi connectivity index (χ1) is 15.8. The molecule has 178 valence electrons. The summed E-state index contributed by atoms with van der Waals surface area (Å²) in [5.74, 6) is 0.267. The number of methoxy groups -OCH3 is 1. The van der Waals surface area contributed by atoms with Gasteiger partial charge in [0.2, 0.25) is 5.91 Å². The zero-order chi connectivity index (χ0) is 24.1. The fourth-order valence-electron chi connectivity index (χ4n) is 3.78. The van der Waals surface area contributed by atoms with Crippen LogP contribution in [0.2, 0.25) is 0 Å². The molecule has 10 heteroatoms. The number of nitrogens with zero attached hydrogens (tertiary/aromatic N) is 4. The Morgan fingerprint density at radius 3 is 2.42 bits per heavy atom. The Hall–Kier alpha value is -3.56. The molecule has 0 saturated carbocycles. The molecule has 3 rings (SSSR count). The highest BCUT2D eigenvalue weighted by atomic mass is 16.6.